The lowest BCUT2D eigenvalue weighted by Gasteiger charge is -2.42. The fraction of sp³-hybridized carbons (Fsp3) is 1.00. The Labute approximate surface area is 449 Å². The third-order valence-corrected chi connectivity index (χ3v) is 14.1. The van der Waals surface area contributed by atoms with E-state index in [0.717, 1.165) is 35.5 Å². The molecule has 2 saturated carbocycles. The Kier molecular flexibility index (Phi) is 38.3. The molecular formula is C67H143F3. The molecule has 0 aliphatic heterocycles. The lowest BCUT2D eigenvalue weighted by Crippen LogP contribution is -2.35. The van der Waals surface area contributed by atoms with Gasteiger partial charge in [-0.1, -0.05) is 300 Å². The van der Waals surface area contributed by atoms with E-state index in [2.05, 4.69) is 166 Å². The van der Waals surface area contributed by atoms with Gasteiger partial charge in [-0.2, -0.15) is 13.2 Å². The van der Waals surface area contributed by atoms with Crippen molar-refractivity contribution in [3.8, 4) is 0 Å². The normalized spacial score (nSPS) is 16.6. The third kappa shape index (κ3) is 50.0. The molecule has 0 radical (unpaired) electrons. The number of rotatable bonds is 8. The first kappa shape index (κ1) is 76.3. The first-order valence-electron chi connectivity index (χ1n) is 30.0. The van der Waals surface area contributed by atoms with E-state index in [0.29, 0.717) is 32.5 Å². The van der Waals surface area contributed by atoms with E-state index >= 15 is 0 Å². The van der Waals surface area contributed by atoms with Gasteiger partial charge in [0.1, 0.15) is 0 Å². The highest BCUT2D eigenvalue weighted by Gasteiger charge is 2.48. The Balaban J connectivity index is -0.000000178. The van der Waals surface area contributed by atoms with E-state index in [4.69, 9.17) is 2.74 Å². The van der Waals surface area contributed by atoms with Crippen LogP contribution >= 0.6 is 0 Å². The van der Waals surface area contributed by atoms with Gasteiger partial charge in [0.05, 0.1) is 5.41 Å². The van der Waals surface area contributed by atoms with Crippen molar-refractivity contribution >= 4 is 0 Å². The van der Waals surface area contributed by atoms with E-state index in [9.17, 15) is 13.2 Å². The smallest absolute Gasteiger partial charge is 0.171 e. The molecule has 432 valence electrons. The topological polar surface area (TPSA) is 0 Å². The first-order valence-corrected chi connectivity index (χ1v) is 29.0. The second-order valence-corrected chi connectivity index (χ2v) is 32.2. The monoisotopic (exact) mass is 1010 g/mol. The second kappa shape index (κ2) is 35.2. The van der Waals surface area contributed by atoms with Crippen LogP contribution in [0.3, 0.4) is 0 Å². The number of hydrogen-bond donors (Lipinski definition) is 0. The molecule has 0 aromatic rings. The van der Waals surface area contributed by atoms with Crippen LogP contribution in [-0.2, 0) is 0 Å². The molecule has 3 heteroatoms. The van der Waals surface area contributed by atoms with Gasteiger partial charge in [0.2, 0.25) is 0 Å². The summed E-state index contributed by atoms with van der Waals surface area (Å²) in [5.41, 5.74) is 1.02. The Hall–Kier alpha value is -0.210. The lowest BCUT2D eigenvalue weighted by molar-refractivity contribution is -0.220. The van der Waals surface area contributed by atoms with Crippen LogP contribution in [0.4, 0.5) is 13.2 Å². The molecule has 2 rings (SSSR count). The number of alkyl halides is 3. The van der Waals surface area contributed by atoms with E-state index in [-0.39, 0.29) is 24.7 Å². The zero-order chi connectivity index (χ0) is 58.3. The van der Waals surface area contributed by atoms with E-state index < -0.39 is 18.0 Å². The lowest BCUT2D eigenvalue weighted by atomic mass is 9.64. The van der Waals surface area contributed by atoms with Crippen molar-refractivity contribution in [2.75, 3.05) is 0 Å². The van der Waals surface area contributed by atoms with Gasteiger partial charge in [0.15, 0.2) is 0 Å². The summed E-state index contributed by atoms with van der Waals surface area (Å²) in [7, 11) is 0. The van der Waals surface area contributed by atoms with Crippen LogP contribution in [0, 0.1) is 84.2 Å². The summed E-state index contributed by atoms with van der Waals surface area (Å²) in [4.78, 5) is 0. The molecule has 0 unspecified atom stereocenters. The molecule has 70 heavy (non-hydrogen) atoms. The second-order valence-electron chi connectivity index (χ2n) is 32.2. The van der Waals surface area contributed by atoms with Crippen molar-refractivity contribution in [2.24, 2.45) is 84.2 Å². The maximum absolute atomic E-state index is 12.4. The summed E-state index contributed by atoms with van der Waals surface area (Å²) in [5, 5.41) is 0. The summed E-state index contributed by atoms with van der Waals surface area (Å²) < 4.78 is 51.6. The van der Waals surface area contributed by atoms with Gasteiger partial charge in [-0.15, -0.1) is 0 Å². The van der Waals surface area contributed by atoms with Crippen LogP contribution in [0.25, 0.3) is 0 Å². The molecule has 0 nitrogen and oxygen atoms in total. The Bertz CT molecular complexity index is 1200. The van der Waals surface area contributed by atoms with Crippen LogP contribution in [0.1, 0.15) is 348 Å². The molecule has 0 aromatic heterocycles. The number of hydrogen-bond acceptors (Lipinski definition) is 0. The van der Waals surface area contributed by atoms with Crippen LogP contribution in [0.15, 0.2) is 0 Å². The van der Waals surface area contributed by atoms with Gasteiger partial charge in [-0.05, 0) is 124 Å². The molecular weight excluding hydrogens is 862 g/mol. The highest BCUT2D eigenvalue weighted by atomic mass is 19.4. The minimum Gasteiger partial charge on any atom is -0.171 e. The van der Waals surface area contributed by atoms with Crippen molar-refractivity contribution in [1.29, 1.82) is 0 Å². The molecule has 0 aromatic carbocycles. The summed E-state index contributed by atoms with van der Waals surface area (Å²) in [6.45, 7) is 71.3. The molecule has 0 heterocycles. The fourth-order valence-corrected chi connectivity index (χ4v) is 11.4. The Morgan fingerprint density at radius 3 is 0.771 bits per heavy atom. The summed E-state index contributed by atoms with van der Waals surface area (Å²) >= 11 is 0. The van der Waals surface area contributed by atoms with Gasteiger partial charge in [0.25, 0.3) is 0 Å². The average molecular weight is 1010 g/mol. The van der Waals surface area contributed by atoms with Gasteiger partial charge >= 0.3 is 6.18 Å². The maximum Gasteiger partial charge on any atom is 0.393 e. The van der Waals surface area contributed by atoms with Crippen molar-refractivity contribution in [3.05, 3.63) is 0 Å². The molecule has 0 saturated heterocycles. The molecule has 2 aliphatic rings. The molecule has 0 bridgehead atoms. The highest BCUT2D eigenvalue weighted by Crippen LogP contribution is 2.46. The standard InChI is InChI=1S/C15H32.C10H20.C9H17F3.C9H18.C9H20.C8H18.C6H14.CH4/c1-8-12(9-2)14(15(5,6)7)13(10-3)11-4;1-10(2,3)9-7-5-4-6-8-9;1-7(2,3)6-8(4,5)9(10,11)12;1-9(2,3)8-6-4-5-7-8;1-8(2,3)7-9(4,5)6;1-7(2)6-8(3,4)5;1-5-6(2,3)4;/h12-14H,8-11H2,1-7H3;9H,4-8H2,1-3H3;6H2,1-5H3;8H,4-7H2,1-3H3;7H2,1-6H3;7H,6H2,1-5H3;5H2,1-4H3;1H4/i;;;;;;5D2;. The van der Waals surface area contributed by atoms with Crippen LogP contribution in [-0.4, -0.2) is 6.18 Å². The zero-order valence-corrected chi connectivity index (χ0v) is 54.4. The van der Waals surface area contributed by atoms with E-state index in [1.54, 1.807) is 6.92 Å². The van der Waals surface area contributed by atoms with Crippen molar-refractivity contribution in [1.82, 2.24) is 0 Å². The van der Waals surface area contributed by atoms with Crippen molar-refractivity contribution in [2.45, 2.75) is 351 Å². The van der Waals surface area contributed by atoms with Crippen LogP contribution in [0.2, 0.25) is 0 Å². The summed E-state index contributed by atoms with van der Waals surface area (Å²) in [6.07, 6.45) is 16.3. The maximum atomic E-state index is 12.4. The highest BCUT2D eigenvalue weighted by molar-refractivity contribution is 4.85. The Morgan fingerprint density at radius 2 is 0.671 bits per heavy atom. The van der Waals surface area contributed by atoms with Gasteiger partial charge in [-0.25, -0.2) is 0 Å². The van der Waals surface area contributed by atoms with Crippen LogP contribution < -0.4 is 0 Å². The molecule has 2 aliphatic carbocycles. The molecule has 0 amide bonds. The summed E-state index contributed by atoms with van der Waals surface area (Å²) in [5.74, 6) is 5.57. The molecule has 2 fully saturated rings. The third-order valence-electron chi connectivity index (χ3n) is 14.1. The van der Waals surface area contributed by atoms with Crippen molar-refractivity contribution in [3.63, 3.8) is 0 Å². The fourth-order valence-electron chi connectivity index (χ4n) is 11.4. The SMILES string of the molecule is C.CC(C)(C)C1CCCC1.CC(C)(C)C1CCCCC1.CC(C)(C)CC(C)(C)C.CC(C)(C)CC(C)(C)C(F)(F)F.CC(C)CC(C)(C)C.CCC(CC)C(C(CC)CC)C(C)(C)C.[2H]C([2H])(C)C(C)(C)C. The van der Waals surface area contributed by atoms with Gasteiger partial charge in [-0.3, -0.25) is 0 Å². The molecule has 0 spiro atoms. The summed E-state index contributed by atoms with van der Waals surface area (Å²) in [6, 6.07) is 0. The predicted molar refractivity (Wildman–Crippen MR) is 321 cm³/mol. The quantitative estimate of drug-likeness (QED) is 0.227. The predicted octanol–water partition coefficient (Wildman–Crippen LogP) is 26.0. The largest absolute Gasteiger partial charge is 0.393 e. The molecule has 0 N–H and O–H groups in total. The first-order chi connectivity index (χ1) is 31.0. The van der Waals surface area contributed by atoms with E-state index in [1.165, 1.54) is 110 Å². The van der Waals surface area contributed by atoms with Gasteiger partial charge in [0, 0.05) is 2.74 Å². The van der Waals surface area contributed by atoms with Gasteiger partial charge < -0.3 is 0 Å². The minimum atomic E-state index is -4.10. The van der Waals surface area contributed by atoms with Crippen molar-refractivity contribution < 1.29 is 15.9 Å². The minimum absolute atomic E-state index is 0. The zero-order valence-electron chi connectivity index (χ0n) is 56.4. The van der Waals surface area contributed by atoms with Crippen LogP contribution in [0.5, 0.6) is 0 Å². The molecule has 0 atom stereocenters. The Morgan fingerprint density at radius 1 is 0.414 bits per heavy atom. The average Bonchev–Trinajstić information content (AvgIpc) is 3.65. The number of halogens is 3. The van der Waals surface area contributed by atoms with E-state index in [1.807, 2.05) is 41.5 Å².